The van der Waals surface area contributed by atoms with E-state index >= 15 is 0 Å². The summed E-state index contributed by atoms with van der Waals surface area (Å²) in [6, 6.07) is 9.26. The van der Waals surface area contributed by atoms with Gasteiger partial charge in [0.05, 0.1) is 19.3 Å². The van der Waals surface area contributed by atoms with Crippen LogP contribution in [0.5, 0.6) is 5.75 Å². The normalized spacial score (nSPS) is 25.5. The number of methoxy groups -OCH3 is 1. The second kappa shape index (κ2) is 12.4. The van der Waals surface area contributed by atoms with Gasteiger partial charge >= 0.3 is 5.97 Å². The van der Waals surface area contributed by atoms with E-state index < -0.39 is 18.3 Å². The zero-order chi connectivity index (χ0) is 21.1. The van der Waals surface area contributed by atoms with Gasteiger partial charge in [0.25, 0.3) is 0 Å². The molecule has 0 bridgehead atoms. The number of unbranched alkanes of at least 4 members (excludes halogenated alkanes) is 1. The fraction of sp³-hybridized carbons (Fsp3) is 0.522. The molecule has 1 saturated carbocycles. The van der Waals surface area contributed by atoms with Crippen LogP contribution in [-0.2, 0) is 9.53 Å². The Morgan fingerprint density at radius 2 is 1.97 bits per heavy atom. The topological polar surface area (TPSA) is 96.2 Å². The molecule has 2 rings (SSSR count). The van der Waals surface area contributed by atoms with Gasteiger partial charge in [-0.05, 0) is 37.3 Å². The molecule has 0 unspecified atom stereocenters. The van der Waals surface area contributed by atoms with Crippen LogP contribution in [0, 0.1) is 11.8 Å². The van der Waals surface area contributed by atoms with Crippen molar-refractivity contribution in [2.24, 2.45) is 11.8 Å². The Kier molecular flexibility index (Phi) is 9.91. The maximum atomic E-state index is 11.1. The van der Waals surface area contributed by atoms with E-state index in [1.165, 1.54) is 7.11 Å². The van der Waals surface area contributed by atoms with Crippen LogP contribution < -0.4 is 4.74 Å². The van der Waals surface area contributed by atoms with Crippen molar-refractivity contribution in [2.75, 3.05) is 13.7 Å². The number of aliphatic hydroxyl groups is 3. The maximum Gasteiger partial charge on any atom is 0.305 e. The number of hydrogen-bond donors (Lipinski definition) is 3. The number of aliphatic hydroxyl groups excluding tert-OH is 3. The first-order valence-corrected chi connectivity index (χ1v) is 10.1. The van der Waals surface area contributed by atoms with Gasteiger partial charge in [-0.15, -0.1) is 0 Å². The van der Waals surface area contributed by atoms with E-state index in [2.05, 4.69) is 4.74 Å². The van der Waals surface area contributed by atoms with Crippen LogP contribution in [0.25, 0.3) is 0 Å². The van der Waals surface area contributed by atoms with Gasteiger partial charge in [-0.25, -0.2) is 0 Å². The molecule has 5 atom stereocenters. The minimum atomic E-state index is -0.797. The number of carbonyl (C=O) groups is 1. The number of esters is 1. The highest BCUT2D eigenvalue weighted by molar-refractivity contribution is 5.69. The van der Waals surface area contributed by atoms with Crippen LogP contribution in [0.1, 0.15) is 32.1 Å². The molecule has 160 valence electrons. The lowest BCUT2D eigenvalue weighted by Gasteiger charge is -2.19. The van der Waals surface area contributed by atoms with Crippen molar-refractivity contribution in [3.63, 3.8) is 0 Å². The Balaban J connectivity index is 1.80. The minimum Gasteiger partial charge on any atom is -0.491 e. The molecule has 1 aliphatic carbocycles. The summed E-state index contributed by atoms with van der Waals surface area (Å²) in [5.41, 5.74) is 0. The average molecular weight is 405 g/mol. The van der Waals surface area contributed by atoms with E-state index in [9.17, 15) is 20.1 Å². The summed E-state index contributed by atoms with van der Waals surface area (Å²) in [5, 5.41) is 30.7. The fourth-order valence-electron chi connectivity index (χ4n) is 3.55. The number of hydrogen-bond acceptors (Lipinski definition) is 6. The van der Waals surface area contributed by atoms with E-state index in [4.69, 9.17) is 4.74 Å². The van der Waals surface area contributed by atoms with Crippen LogP contribution in [0.15, 0.2) is 54.6 Å². The Morgan fingerprint density at radius 1 is 1.21 bits per heavy atom. The molecule has 0 aliphatic heterocycles. The molecule has 6 nitrogen and oxygen atoms in total. The average Bonchev–Trinajstić information content (AvgIpc) is 3.00. The van der Waals surface area contributed by atoms with Crippen LogP contribution in [0.2, 0.25) is 0 Å². The molecular weight excluding hydrogens is 372 g/mol. The Bertz CT molecular complexity index is 657. The molecule has 1 aromatic carbocycles. The molecule has 0 amide bonds. The van der Waals surface area contributed by atoms with E-state index in [1.807, 2.05) is 42.5 Å². The molecule has 0 radical (unpaired) electrons. The summed E-state index contributed by atoms with van der Waals surface area (Å²) in [6.45, 7) is 0.122. The SMILES string of the molecule is COC(=O)CCC/C=C\C[C@H]1[C@@H](/C=C/[C@H](O)COc2ccccc2)[C@@H](O)C[C@@H]1O. The highest BCUT2D eigenvalue weighted by Gasteiger charge is 2.39. The highest BCUT2D eigenvalue weighted by atomic mass is 16.5. The third-order valence-electron chi connectivity index (χ3n) is 5.19. The summed E-state index contributed by atoms with van der Waals surface area (Å²) >= 11 is 0. The third kappa shape index (κ3) is 8.01. The van der Waals surface area contributed by atoms with Crippen molar-refractivity contribution >= 4 is 5.97 Å². The van der Waals surface area contributed by atoms with Crippen molar-refractivity contribution < 1.29 is 29.6 Å². The van der Waals surface area contributed by atoms with E-state index in [0.29, 0.717) is 25.0 Å². The quantitative estimate of drug-likeness (QED) is 0.298. The summed E-state index contributed by atoms with van der Waals surface area (Å²) in [5.74, 6) is 0.135. The van der Waals surface area contributed by atoms with Gasteiger partial charge in [-0.1, -0.05) is 42.5 Å². The summed E-state index contributed by atoms with van der Waals surface area (Å²) < 4.78 is 10.1. The molecule has 3 N–H and O–H groups in total. The lowest BCUT2D eigenvalue weighted by atomic mass is 9.89. The van der Waals surface area contributed by atoms with Crippen molar-refractivity contribution in [1.29, 1.82) is 0 Å². The van der Waals surface area contributed by atoms with Crippen LogP contribution >= 0.6 is 0 Å². The maximum absolute atomic E-state index is 11.1. The molecular formula is C23H32O6. The van der Waals surface area contributed by atoms with Crippen molar-refractivity contribution in [3.8, 4) is 5.75 Å². The predicted molar refractivity (Wildman–Crippen MR) is 110 cm³/mol. The van der Waals surface area contributed by atoms with Crippen molar-refractivity contribution in [2.45, 2.75) is 50.4 Å². The minimum absolute atomic E-state index is 0.111. The van der Waals surface area contributed by atoms with Gasteiger partial charge in [-0.2, -0.15) is 0 Å². The van der Waals surface area contributed by atoms with Crippen LogP contribution in [0.3, 0.4) is 0 Å². The standard InChI is InChI=1S/C23H32O6/c1-28-23(27)12-8-3-2-7-11-19-20(22(26)15-21(19)25)14-13-17(24)16-29-18-9-5-4-6-10-18/h2,4-7,9-10,13-14,17,19-22,24-26H,3,8,11-12,15-16H2,1H3/b7-2-,14-13+/t17-,19-,20+,21-,22-/m0/s1. The Hall–Kier alpha value is -2.15. The predicted octanol–water partition coefficient (Wildman–Crippen LogP) is 2.63. The molecule has 1 aromatic rings. The number of carbonyl (C=O) groups excluding carboxylic acids is 1. The largest absolute Gasteiger partial charge is 0.491 e. The zero-order valence-corrected chi connectivity index (χ0v) is 16.9. The summed E-state index contributed by atoms with van der Waals surface area (Å²) in [4.78, 5) is 11.1. The lowest BCUT2D eigenvalue weighted by molar-refractivity contribution is -0.140. The number of ether oxygens (including phenoxy) is 2. The molecule has 29 heavy (non-hydrogen) atoms. The first-order chi connectivity index (χ1) is 14.0. The van der Waals surface area contributed by atoms with Crippen molar-refractivity contribution in [1.82, 2.24) is 0 Å². The highest BCUT2D eigenvalue weighted by Crippen LogP contribution is 2.36. The monoisotopic (exact) mass is 404 g/mol. The second-order valence-corrected chi connectivity index (χ2v) is 7.36. The first-order valence-electron chi connectivity index (χ1n) is 10.1. The van der Waals surface area contributed by atoms with E-state index in [0.717, 1.165) is 12.8 Å². The number of rotatable bonds is 11. The van der Waals surface area contributed by atoms with Crippen LogP contribution in [-0.4, -0.2) is 53.3 Å². The van der Waals surface area contributed by atoms with Gasteiger partial charge in [-0.3, -0.25) is 4.79 Å². The molecule has 1 aliphatic rings. The van der Waals surface area contributed by atoms with E-state index in [1.54, 1.807) is 12.2 Å². The second-order valence-electron chi connectivity index (χ2n) is 7.36. The number of benzene rings is 1. The molecule has 6 heteroatoms. The molecule has 0 saturated heterocycles. The first kappa shape index (κ1) is 23.1. The summed E-state index contributed by atoms with van der Waals surface area (Å²) in [6.07, 6.45) is 8.19. The van der Waals surface area contributed by atoms with Gasteiger partial charge in [0, 0.05) is 18.8 Å². The van der Waals surface area contributed by atoms with Gasteiger partial charge in [0.15, 0.2) is 0 Å². The molecule has 0 heterocycles. The lowest BCUT2D eigenvalue weighted by Crippen LogP contribution is -2.21. The summed E-state index contributed by atoms with van der Waals surface area (Å²) in [7, 11) is 1.38. The fourth-order valence-corrected chi connectivity index (χ4v) is 3.55. The van der Waals surface area contributed by atoms with Gasteiger partial charge in [0.1, 0.15) is 18.5 Å². The third-order valence-corrected chi connectivity index (χ3v) is 5.19. The molecule has 1 fully saturated rings. The smallest absolute Gasteiger partial charge is 0.305 e. The van der Waals surface area contributed by atoms with Gasteiger partial charge < -0.3 is 24.8 Å². The number of allylic oxidation sites excluding steroid dienone is 2. The molecule has 0 aromatic heterocycles. The van der Waals surface area contributed by atoms with E-state index in [-0.39, 0.29) is 24.4 Å². The Labute approximate surface area is 172 Å². The number of para-hydroxylation sites is 1. The van der Waals surface area contributed by atoms with Crippen molar-refractivity contribution in [3.05, 3.63) is 54.6 Å². The van der Waals surface area contributed by atoms with Crippen LogP contribution in [0.4, 0.5) is 0 Å². The zero-order valence-electron chi connectivity index (χ0n) is 16.9. The van der Waals surface area contributed by atoms with Gasteiger partial charge in [0.2, 0.25) is 0 Å². The Morgan fingerprint density at radius 3 is 2.69 bits per heavy atom. The molecule has 0 spiro atoms.